The Morgan fingerprint density at radius 1 is 1.07 bits per heavy atom. The molecule has 1 aromatic carbocycles. The Morgan fingerprint density at radius 2 is 1.93 bits per heavy atom. The van der Waals surface area contributed by atoms with Crippen LogP contribution in [0.3, 0.4) is 0 Å². The van der Waals surface area contributed by atoms with E-state index in [-0.39, 0.29) is 12.7 Å². The van der Waals surface area contributed by atoms with Gasteiger partial charge < -0.3 is 14.4 Å². The highest BCUT2D eigenvalue weighted by molar-refractivity contribution is 5.94. The van der Waals surface area contributed by atoms with Gasteiger partial charge in [-0.05, 0) is 60.4 Å². The second-order valence-corrected chi connectivity index (χ2v) is 7.65. The molecule has 2 bridgehead atoms. The lowest BCUT2D eigenvalue weighted by Crippen LogP contribution is -2.36. The first-order valence-electron chi connectivity index (χ1n) is 9.52. The monoisotopic (exact) mass is 362 g/mol. The van der Waals surface area contributed by atoms with Gasteiger partial charge in [0, 0.05) is 31.0 Å². The highest BCUT2D eigenvalue weighted by Gasteiger charge is 2.37. The number of pyridine rings is 1. The number of carbonyl (C=O) groups is 1. The van der Waals surface area contributed by atoms with Crippen molar-refractivity contribution < 1.29 is 14.3 Å². The average molecular weight is 362 g/mol. The van der Waals surface area contributed by atoms with E-state index in [9.17, 15) is 4.79 Å². The van der Waals surface area contributed by atoms with Gasteiger partial charge in [-0.1, -0.05) is 18.2 Å². The normalized spacial score (nSPS) is 24.4. The summed E-state index contributed by atoms with van der Waals surface area (Å²) >= 11 is 0. The van der Waals surface area contributed by atoms with Crippen molar-refractivity contribution in [3.05, 3.63) is 66.0 Å². The van der Waals surface area contributed by atoms with Crippen molar-refractivity contribution in [3.63, 3.8) is 0 Å². The van der Waals surface area contributed by atoms with Gasteiger partial charge in [-0.3, -0.25) is 9.78 Å². The second-order valence-electron chi connectivity index (χ2n) is 7.65. The molecule has 3 atom stereocenters. The van der Waals surface area contributed by atoms with E-state index in [0.717, 1.165) is 23.6 Å². The number of rotatable bonds is 5. The largest absolute Gasteiger partial charge is 0.454 e. The van der Waals surface area contributed by atoms with Crippen molar-refractivity contribution in [2.24, 2.45) is 17.8 Å². The molecule has 5 heteroatoms. The van der Waals surface area contributed by atoms with Crippen LogP contribution in [0.25, 0.3) is 0 Å². The third-order valence-corrected chi connectivity index (χ3v) is 5.90. The molecule has 0 N–H and O–H groups in total. The van der Waals surface area contributed by atoms with E-state index in [1.807, 2.05) is 23.1 Å². The van der Waals surface area contributed by atoms with Gasteiger partial charge in [-0.2, -0.15) is 0 Å². The van der Waals surface area contributed by atoms with Crippen LogP contribution < -0.4 is 9.47 Å². The molecular formula is C22H22N2O3. The van der Waals surface area contributed by atoms with Gasteiger partial charge in [0.05, 0.1) is 0 Å². The number of nitrogens with zero attached hydrogens (tertiary/aromatic N) is 2. The number of amides is 1. The first-order chi connectivity index (χ1) is 13.3. The van der Waals surface area contributed by atoms with Gasteiger partial charge in [0.25, 0.3) is 5.91 Å². The van der Waals surface area contributed by atoms with Crippen LogP contribution in [-0.4, -0.2) is 29.1 Å². The second kappa shape index (κ2) is 6.72. The molecule has 2 aliphatic carbocycles. The topological polar surface area (TPSA) is 51.7 Å². The Kier molecular flexibility index (Phi) is 4.07. The van der Waals surface area contributed by atoms with Crippen LogP contribution in [0.2, 0.25) is 0 Å². The molecular weight excluding hydrogens is 340 g/mol. The first kappa shape index (κ1) is 16.4. The van der Waals surface area contributed by atoms with E-state index in [1.165, 1.54) is 12.8 Å². The molecule has 5 nitrogen and oxygen atoms in total. The zero-order valence-electron chi connectivity index (χ0n) is 15.1. The zero-order valence-corrected chi connectivity index (χ0v) is 15.1. The SMILES string of the molecule is O=C(c1ccncc1)N(Cc1ccc2c(c1)OCO2)CC1CC2C=CC1C2. The number of carbonyl (C=O) groups excluding carboxylic acids is 1. The fourth-order valence-electron chi connectivity index (χ4n) is 4.54. The Hall–Kier alpha value is -2.82. The quantitative estimate of drug-likeness (QED) is 0.762. The molecule has 1 saturated carbocycles. The Morgan fingerprint density at radius 3 is 2.70 bits per heavy atom. The Balaban J connectivity index is 1.39. The van der Waals surface area contributed by atoms with E-state index in [1.54, 1.807) is 24.5 Å². The van der Waals surface area contributed by atoms with Crippen LogP contribution in [0.15, 0.2) is 54.9 Å². The number of hydrogen-bond acceptors (Lipinski definition) is 4. The molecule has 5 rings (SSSR count). The minimum atomic E-state index is 0.0572. The van der Waals surface area contributed by atoms with Gasteiger partial charge in [0.15, 0.2) is 11.5 Å². The van der Waals surface area contributed by atoms with Crippen molar-refractivity contribution in [3.8, 4) is 11.5 Å². The third-order valence-electron chi connectivity index (χ3n) is 5.90. The molecule has 1 aliphatic heterocycles. The lowest BCUT2D eigenvalue weighted by atomic mass is 9.92. The van der Waals surface area contributed by atoms with Crippen molar-refractivity contribution in [1.29, 1.82) is 0 Å². The molecule has 1 fully saturated rings. The molecule has 0 saturated heterocycles. The van der Waals surface area contributed by atoms with Crippen LogP contribution in [0.4, 0.5) is 0 Å². The van der Waals surface area contributed by atoms with Crippen molar-refractivity contribution >= 4 is 5.91 Å². The molecule has 0 radical (unpaired) electrons. The highest BCUT2D eigenvalue weighted by Crippen LogP contribution is 2.44. The summed E-state index contributed by atoms with van der Waals surface area (Å²) in [5, 5.41) is 0. The standard InChI is InChI=1S/C22H22N2O3/c25-22(17-5-7-23-8-6-17)24(13-19-10-15-1-3-18(19)9-15)12-16-2-4-20-21(11-16)27-14-26-20/h1-8,11,15,18-19H,9-10,12-14H2. The molecule has 3 aliphatic rings. The summed E-state index contributed by atoms with van der Waals surface area (Å²) in [4.78, 5) is 19.2. The highest BCUT2D eigenvalue weighted by atomic mass is 16.7. The summed E-state index contributed by atoms with van der Waals surface area (Å²) in [7, 11) is 0. The predicted octanol–water partition coefficient (Wildman–Crippen LogP) is 3.66. The number of hydrogen-bond donors (Lipinski definition) is 0. The predicted molar refractivity (Wildman–Crippen MR) is 100 cm³/mol. The number of ether oxygens (including phenoxy) is 2. The van der Waals surface area contributed by atoms with E-state index in [4.69, 9.17) is 9.47 Å². The molecule has 138 valence electrons. The molecule has 2 aromatic rings. The maximum absolute atomic E-state index is 13.2. The molecule has 2 heterocycles. The van der Waals surface area contributed by atoms with Crippen LogP contribution in [0.1, 0.15) is 28.8 Å². The molecule has 1 amide bonds. The number of fused-ring (bicyclic) bond motifs is 3. The maximum Gasteiger partial charge on any atom is 0.254 e. The van der Waals surface area contributed by atoms with Gasteiger partial charge in [0.1, 0.15) is 0 Å². The zero-order chi connectivity index (χ0) is 18.2. The first-order valence-corrected chi connectivity index (χ1v) is 9.52. The number of aromatic nitrogens is 1. The summed E-state index contributed by atoms with van der Waals surface area (Å²) in [5.41, 5.74) is 1.74. The third kappa shape index (κ3) is 3.18. The minimum absolute atomic E-state index is 0.0572. The van der Waals surface area contributed by atoms with Crippen molar-refractivity contribution in [1.82, 2.24) is 9.88 Å². The van der Waals surface area contributed by atoms with Gasteiger partial charge in [-0.15, -0.1) is 0 Å². The smallest absolute Gasteiger partial charge is 0.254 e. The minimum Gasteiger partial charge on any atom is -0.454 e. The fourth-order valence-corrected chi connectivity index (χ4v) is 4.54. The average Bonchev–Trinajstić information content (AvgIpc) is 3.44. The van der Waals surface area contributed by atoms with Crippen LogP contribution in [0, 0.1) is 17.8 Å². The van der Waals surface area contributed by atoms with Crippen LogP contribution in [-0.2, 0) is 6.54 Å². The summed E-state index contributed by atoms with van der Waals surface area (Å²) in [5.74, 6) is 3.43. The fraction of sp³-hybridized carbons (Fsp3) is 0.364. The molecule has 1 aromatic heterocycles. The lowest BCUT2D eigenvalue weighted by molar-refractivity contribution is 0.0704. The molecule has 0 spiro atoms. The van der Waals surface area contributed by atoms with Crippen molar-refractivity contribution in [2.45, 2.75) is 19.4 Å². The maximum atomic E-state index is 13.2. The summed E-state index contributed by atoms with van der Waals surface area (Å²) in [6.07, 6.45) is 10.5. The number of benzene rings is 1. The van der Waals surface area contributed by atoms with Crippen LogP contribution in [0.5, 0.6) is 11.5 Å². The van der Waals surface area contributed by atoms with E-state index in [0.29, 0.717) is 29.9 Å². The van der Waals surface area contributed by atoms with E-state index < -0.39 is 0 Å². The summed E-state index contributed by atoms with van der Waals surface area (Å²) in [6, 6.07) is 9.50. The number of allylic oxidation sites excluding steroid dienone is 2. The lowest BCUT2D eigenvalue weighted by Gasteiger charge is -2.29. The van der Waals surface area contributed by atoms with Gasteiger partial charge in [-0.25, -0.2) is 0 Å². The molecule has 3 unspecified atom stereocenters. The Labute approximate surface area is 158 Å². The van der Waals surface area contributed by atoms with Crippen LogP contribution >= 0.6 is 0 Å². The molecule has 27 heavy (non-hydrogen) atoms. The summed E-state index contributed by atoms with van der Waals surface area (Å²) in [6.45, 7) is 1.60. The van der Waals surface area contributed by atoms with Gasteiger partial charge in [0.2, 0.25) is 6.79 Å². The van der Waals surface area contributed by atoms with Crippen molar-refractivity contribution in [2.75, 3.05) is 13.3 Å². The van der Waals surface area contributed by atoms with Gasteiger partial charge >= 0.3 is 0 Å². The summed E-state index contributed by atoms with van der Waals surface area (Å²) < 4.78 is 10.9. The Bertz CT molecular complexity index is 880. The van der Waals surface area contributed by atoms with E-state index in [2.05, 4.69) is 17.1 Å². The van der Waals surface area contributed by atoms with E-state index >= 15 is 0 Å².